The summed E-state index contributed by atoms with van der Waals surface area (Å²) in [4.78, 5) is 28.7. The van der Waals surface area contributed by atoms with Crippen molar-refractivity contribution in [2.24, 2.45) is 5.92 Å². The van der Waals surface area contributed by atoms with Gasteiger partial charge in [-0.1, -0.05) is 68.9 Å². The van der Waals surface area contributed by atoms with Crippen LogP contribution in [0.1, 0.15) is 76.7 Å². The first kappa shape index (κ1) is 20.9. The van der Waals surface area contributed by atoms with E-state index >= 15 is 0 Å². The number of rotatable bonds is 7. The van der Waals surface area contributed by atoms with E-state index in [9.17, 15) is 9.59 Å². The van der Waals surface area contributed by atoms with Crippen LogP contribution in [-0.2, 0) is 20.7 Å². The molecule has 0 aliphatic heterocycles. The van der Waals surface area contributed by atoms with Crippen LogP contribution in [0.5, 0.6) is 0 Å². The largest absolute Gasteiger partial charge is 0.465 e. The lowest BCUT2D eigenvalue weighted by atomic mass is 9.86. The van der Waals surface area contributed by atoms with Crippen molar-refractivity contribution < 1.29 is 14.3 Å². The summed E-state index contributed by atoms with van der Waals surface area (Å²) in [5.41, 5.74) is 1.01. The van der Waals surface area contributed by atoms with Crippen molar-refractivity contribution in [1.29, 1.82) is 0 Å². The summed E-state index contributed by atoms with van der Waals surface area (Å²) < 4.78 is 5.34. The molecule has 0 N–H and O–H groups in total. The molecule has 2 fully saturated rings. The van der Waals surface area contributed by atoms with E-state index in [1.54, 1.807) is 0 Å². The van der Waals surface area contributed by atoms with Gasteiger partial charge < -0.3 is 9.64 Å². The summed E-state index contributed by atoms with van der Waals surface area (Å²) in [6.45, 7) is 2.12. The molecule has 3 rings (SSSR count). The van der Waals surface area contributed by atoms with Gasteiger partial charge in [-0.05, 0) is 44.6 Å². The second-order valence-electron chi connectivity index (χ2n) is 8.32. The monoisotopic (exact) mass is 385 g/mol. The normalized spacial score (nSPS) is 19.8. The standard InChI is InChI=1S/C24H35NO3/c1-2-28-24(27)22(18-19-12-6-3-7-13-19)23(26)25(20-14-8-4-9-15-20)21-16-10-5-11-17-21/h3,6-7,12-13,20-22H,2,4-5,8-11,14-18H2,1H3/t22-/m0/s1. The fourth-order valence-corrected chi connectivity index (χ4v) is 4.92. The van der Waals surface area contributed by atoms with Crippen molar-refractivity contribution in [2.45, 2.75) is 89.6 Å². The molecule has 1 aromatic carbocycles. The third kappa shape index (κ3) is 5.36. The quantitative estimate of drug-likeness (QED) is 0.495. The van der Waals surface area contributed by atoms with E-state index in [0.29, 0.717) is 13.0 Å². The van der Waals surface area contributed by atoms with Crippen LogP contribution in [0.25, 0.3) is 0 Å². The third-order valence-corrected chi connectivity index (χ3v) is 6.34. The maximum Gasteiger partial charge on any atom is 0.318 e. The fraction of sp³-hybridized carbons (Fsp3) is 0.667. The van der Waals surface area contributed by atoms with Crippen molar-refractivity contribution in [1.82, 2.24) is 4.90 Å². The Morgan fingerprint density at radius 3 is 1.96 bits per heavy atom. The van der Waals surface area contributed by atoms with Gasteiger partial charge in [0.15, 0.2) is 0 Å². The molecule has 4 nitrogen and oxygen atoms in total. The Kier molecular flexibility index (Phi) is 7.93. The fourth-order valence-electron chi connectivity index (χ4n) is 4.92. The highest BCUT2D eigenvalue weighted by molar-refractivity contribution is 5.98. The molecule has 2 saturated carbocycles. The third-order valence-electron chi connectivity index (χ3n) is 6.34. The van der Waals surface area contributed by atoms with Crippen molar-refractivity contribution in [3.63, 3.8) is 0 Å². The zero-order valence-corrected chi connectivity index (χ0v) is 17.3. The van der Waals surface area contributed by atoms with Gasteiger partial charge in [-0.15, -0.1) is 0 Å². The van der Waals surface area contributed by atoms with Crippen molar-refractivity contribution in [3.05, 3.63) is 35.9 Å². The summed E-state index contributed by atoms with van der Waals surface area (Å²) in [6, 6.07) is 10.4. The van der Waals surface area contributed by atoms with Gasteiger partial charge in [0.05, 0.1) is 6.61 Å². The molecule has 154 valence electrons. The Balaban J connectivity index is 1.85. The number of amides is 1. The molecular weight excluding hydrogens is 350 g/mol. The van der Waals surface area contributed by atoms with Gasteiger partial charge in [-0.3, -0.25) is 9.59 Å². The Morgan fingerprint density at radius 1 is 0.929 bits per heavy atom. The van der Waals surface area contributed by atoms with Crippen molar-refractivity contribution >= 4 is 11.9 Å². The van der Waals surface area contributed by atoms with E-state index in [1.165, 1.54) is 38.5 Å². The highest BCUT2D eigenvalue weighted by Gasteiger charge is 2.39. The van der Waals surface area contributed by atoms with Crippen LogP contribution in [0.2, 0.25) is 0 Å². The zero-order valence-electron chi connectivity index (χ0n) is 17.3. The predicted molar refractivity (Wildman–Crippen MR) is 111 cm³/mol. The number of carbonyl (C=O) groups is 2. The first-order valence-electron chi connectivity index (χ1n) is 11.2. The zero-order chi connectivity index (χ0) is 19.8. The number of hydrogen-bond acceptors (Lipinski definition) is 3. The minimum Gasteiger partial charge on any atom is -0.465 e. The number of benzene rings is 1. The molecule has 28 heavy (non-hydrogen) atoms. The van der Waals surface area contributed by atoms with E-state index < -0.39 is 5.92 Å². The lowest BCUT2D eigenvalue weighted by Crippen LogP contribution is -2.52. The number of esters is 1. The molecule has 1 atom stereocenters. The van der Waals surface area contributed by atoms with Crippen LogP contribution in [0.15, 0.2) is 30.3 Å². The minimum absolute atomic E-state index is 0.00102. The van der Waals surface area contributed by atoms with Crippen molar-refractivity contribution in [2.75, 3.05) is 6.61 Å². The lowest BCUT2D eigenvalue weighted by Gasteiger charge is -2.43. The van der Waals surface area contributed by atoms with E-state index in [2.05, 4.69) is 4.90 Å². The number of carbonyl (C=O) groups excluding carboxylic acids is 2. The first-order valence-corrected chi connectivity index (χ1v) is 11.2. The Morgan fingerprint density at radius 2 is 1.46 bits per heavy atom. The molecule has 4 heteroatoms. The van der Waals surface area contributed by atoms with E-state index in [-0.39, 0.29) is 24.0 Å². The van der Waals surface area contributed by atoms with Crippen LogP contribution in [0, 0.1) is 5.92 Å². The van der Waals surface area contributed by atoms with E-state index in [1.807, 2.05) is 37.3 Å². The van der Waals surface area contributed by atoms with Crippen LogP contribution >= 0.6 is 0 Å². The van der Waals surface area contributed by atoms with Gasteiger partial charge in [0.1, 0.15) is 5.92 Å². The van der Waals surface area contributed by atoms with Gasteiger partial charge >= 0.3 is 5.97 Å². The van der Waals surface area contributed by atoms with Gasteiger partial charge in [-0.2, -0.15) is 0 Å². The maximum atomic E-state index is 13.8. The van der Waals surface area contributed by atoms with E-state index in [0.717, 1.165) is 31.2 Å². The second kappa shape index (κ2) is 10.6. The molecule has 0 radical (unpaired) electrons. The molecule has 0 aromatic heterocycles. The molecule has 0 unspecified atom stereocenters. The van der Waals surface area contributed by atoms with Crippen molar-refractivity contribution in [3.8, 4) is 0 Å². The van der Waals surface area contributed by atoms with E-state index in [4.69, 9.17) is 4.74 Å². The predicted octanol–water partition coefficient (Wildman–Crippen LogP) is 4.90. The smallest absolute Gasteiger partial charge is 0.318 e. The van der Waals surface area contributed by atoms with Crippen LogP contribution < -0.4 is 0 Å². The Hall–Kier alpha value is -1.84. The summed E-state index contributed by atoms with van der Waals surface area (Å²) in [6.07, 6.45) is 12.0. The second-order valence-corrected chi connectivity index (χ2v) is 8.32. The number of nitrogens with zero attached hydrogens (tertiary/aromatic N) is 1. The van der Waals surface area contributed by atoms with Crippen LogP contribution in [-0.4, -0.2) is 35.5 Å². The molecule has 2 aliphatic carbocycles. The number of ether oxygens (including phenoxy) is 1. The van der Waals surface area contributed by atoms with Gasteiger partial charge in [0, 0.05) is 12.1 Å². The average Bonchev–Trinajstić information content (AvgIpc) is 2.74. The summed E-state index contributed by atoms with van der Waals surface area (Å²) in [5.74, 6) is -1.10. The Bertz CT molecular complexity index is 600. The molecule has 0 heterocycles. The molecule has 2 aliphatic rings. The minimum atomic E-state index is -0.730. The lowest BCUT2D eigenvalue weighted by molar-refractivity contribution is -0.158. The van der Waals surface area contributed by atoms with Gasteiger partial charge in [-0.25, -0.2) is 0 Å². The van der Waals surface area contributed by atoms with Crippen LogP contribution in [0.4, 0.5) is 0 Å². The molecule has 0 spiro atoms. The summed E-state index contributed by atoms with van der Waals surface area (Å²) in [5, 5.41) is 0. The van der Waals surface area contributed by atoms with Gasteiger partial charge in [0.25, 0.3) is 0 Å². The molecule has 1 aromatic rings. The van der Waals surface area contributed by atoms with Crippen LogP contribution in [0.3, 0.4) is 0 Å². The highest BCUT2D eigenvalue weighted by Crippen LogP contribution is 2.32. The molecular formula is C24H35NO3. The van der Waals surface area contributed by atoms with Gasteiger partial charge in [0.2, 0.25) is 5.91 Å². The number of hydrogen-bond donors (Lipinski definition) is 0. The molecule has 0 saturated heterocycles. The SMILES string of the molecule is CCOC(=O)[C@@H](Cc1ccccc1)C(=O)N(C1CCCCC1)C1CCCCC1. The average molecular weight is 386 g/mol. The topological polar surface area (TPSA) is 46.6 Å². The summed E-state index contributed by atoms with van der Waals surface area (Å²) >= 11 is 0. The summed E-state index contributed by atoms with van der Waals surface area (Å²) in [7, 11) is 0. The maximum absolute atomic E-state index is 13.8. The molecule has 0 bridgehead atoms. The highest BCUT2D eigenvalue weighted by atomic mass is 16.5. The first-order chi connectivity index (χ1) is 13.7. The Labute approximate surface area is 169 Å². The molecule has 1 amide bonds.